The first-order chi connectivity index (χ1) is 8.52. The van der Waals surface area contributed by atoms with Gasteiger partial charge >= 0.3 is 0 Å². The van der Waals surface area contributed by atoms with Crippen molar-refractivity contribution in [1.29, 1.82) is 0 Å². The molecule has 1 aromatic rings. The van der Waals surface area contributed by atoms with Crippen molar-refractivity contribution in [2.75, 3.05) is 19.5 Å². The summed E-state index contributed by atoms with van der Waals surface area (Å²) in [6.07, 6.45) is 5.55. The van der Waals surface area contributed by atoms with E-state index in [1.165, 1.54) is 10.5 Å². The minimum Gasteiger partial charge on any atom is -0.271 e. The number of halogens is 1. The van der Waals surface area contributed by atoms with E-state index < -0.39 is 10.0 Å². The third-order valence-electron chi connectivity index (χ3n) is 2.67. The number of sulfonamides is 1. The first-order valence-corrected chi connectivity index (χ1v) is 8.04. The summed E-state index contributed by atoms with van der Waals surface area (Å²) in [5, 5.41) is 4.03. The van der Waals surface area contributed by atoms with Gasteiger partial charge in [0.05, 0.1) is 6.20 Å². The Morgan fingerprint density at radius 2 is 2.17 bits per heavy atom. The molecule has 5 nitrogen and oxygen atoms in total. The second-order valence-corrected chi connectivity index (χ2v) is 6.58. The van der Waals surface area contributed by atoms with Crippen LogP contribution in [0.25, 0.3) is 0 Å². The van der Waals surface area contributed by atoms with Crippen molar-refractivity contribution in [3.63, 3.8) is 0 Å². The monoisotopic (exact) mass is 293 g/mol. The number of hydrogen-bond acceptors (Lipinski definition) is 3. The minimum atomic E-state index is -3.40. The topological polar surface area (TPSA) is 55.2 Å². The molecule has 1 aromatic heterocycles. The summed E-state index contributed by atoms with van der Waals surface area (Å²) in [6.45, 7) is 3.20. The van der Waals surface area contributed by atoms with E-state index in [-0.39, 0.29) is 4.90 Å². The molecule has 0 bridgehead atoms. The maximum absolute atomic E-state index is 12.2. The van der Waals surface area contributed by atoms with E-state index in [4.69, 9.17) is 11.6 Å². The SMILES string of the molecule is CCCCN(C)S(=O)(=O)c1cnn(CCCCl)c1. The van der Waals surface area contributed by atoms with Crippen LogP contribution in [0.4, 0.5) is 0 Å². The molecular formula is C11H20ClN3O2S. The molecule has 0 unspecified atom stereocenters. The van der Waals surface area contributed by atoms with Crippen molar-refractivity contribution in [3.8, 4) is 0 Å². The molecule has 0 spiro atoms. The van der Waals surface area contributed by atoms with E-state index in [0.29, 0.717) is 19.0 Å². The third kappa shape index (κ3) is 3.96. The van der Waals surface area contributed by atoms with Crippen LogP contribution in [-0.2, 0) is 16.6 Å². The van der Waals surface area contributed by atoms with Gasteiger partial charge in [0.15, 0.2) is 0 Å². The van der Waals surface area contributed by atoms with E-state index in [9.17, 15) is 8.42 Å². The highest BCUT2D eigenvalue weighted by Crippen LogP contribution is 2.14. The zero-order valence-corrected chi connectivity index (χ0v) is 12.4. The second-order valence-electron chi connectivity index (χ2n) is 4.16. The number of aromatic nitrogens is 2. The van der Waals surface area contributed by atoms with Crippen LogP contribution in [0.3, 0.4) is 0 Å². The second kappa shape index (κ2) is 7.11. The molecular weight excluding hydrogens is 274 g/mol. The van der Waals surface area contributed by atoms with Crippen LogP contribution >= 0.6 is 11.6 Å². The van der Waals surface area contributed by atoms with E-state index in [1.807, 2.05) is 6.92 Å². The van der Waals surface area contributed by atoms with Gasteiger partial charge in [0.25, 0.3) is 0 Å². The van der Waals surface area contributed by atoms with Crippen molar-refractivity contribution < 1.29 is 8.42 Å². The van der Waals surface area contributed by atoms with Crippen LogP contribution in [0, 0.1) is 0 Å². The zero-order valence-electron chi connectivity index (χ0n) is 10.8. The molecule has 0 atom stereocenters. The lowest BCUT2D eigenvalue weighted by Crippen LogP contribution is -2.27. The van der Waals surface area contributed by atoms with Gasteiger partial charge in [-0.2, -0.15) is 5.10 Å². The molecule has 0 aromatic carbocycles. The molecule has 18 heavy (non-hydrogen) atoms. The summed E-state index contributed by atoms with van der Waals surface area (Å²) < 4.78 is 27.3. The van der Waals surface area contributed by atoms with Crippen molar-refractivity contribution in [2.24, 2.45) is 0 Å². The van der Waals surface area contributed by atoms with Gasteiger partial charge in [-0.25, -0.2) is 12.7 Å². The highest BCUT2D eigenvalue weighted by atomic mass is 35.5. The average Bonchev–Trinajstić information content (AvgIpc) is 2.82. The van der Waals surface area contributed by atoms with E-state index in [2.05, 4.69) is 5.10 Å². The molecule has 0 aliphatic rings. The summed E-state index contributed by atoms with van der Waals surface area (Å²) in [4.78, 5) is 0.246. The molecule has 0 saturated heterocycles. The fraction of sp³-hybridized carbons (Fsp3) is 0.727. The Bertz CT molecular complexity index is 459. The maximum Gasteiger partial charge on any atom is 0.245 e. The zero-order chi connectivity index (χ0) is 13.6. The molecule has 0 amide bonds. The number of alkyl halides is 1. The molecule has 7 heteroatoms. The maximum atomic E-state index is 12.2. The number of rotatable bonds is 8. The fourth-order valence-corrected chi connectivity index (χ4v) is 2.79. The highest BCUT2D eigenvalue weighted by Gasteiger charge is 2.21. The normalized spacial score (nSPS) is 12.2. The molecule has 104 valence electrons. The van der Waals surface area contributed by atoms with Gasteiger partial charge in [-0.15, -0.1) is 11.6 Å². The summed E-state index contributed by atoms with van der Waals surface area (Å²) in [6, 6.07) is 0. The standard InChI is InChI=1S/C11H20ClN3O2S/c1-3-4-7-14(2)18(16,17)11-9-13-15(10-11)8-5-6-12/h9-10H,3-8H2,1-2H3. The van der Waals surface area contributed by atoms with Crippen LogP contribution in [0.15, 0.2) is 17.3 Å². The summed E-state index contributed by atoms with van der Waals surface area (Å²) in [5.74, 6) is 0.540. The predicted molar refractivity (Wildman–Crippen MR) is 72.3 cm³/mol. The van der Waals surface area contributed by atoms with Gasteiger partial charge in [-0.05, 0) is 12.8 Å². The van der Waals surface area contributed by atoms with Crippen LogP contribution in [0.2, 0.25) is 0 Å². The highest BCUT2D eigenvalue weighted by molar-refractivity contribution is 7.89. The molecule has 0 aliphatic carbocycles. The average molecular weight is 294 g/mol. The number of nitrogens with zero attached hydrogens (tertiary/aromatic N) is 3. The molecule has 1 rings (SSSR count). The van der Waals surface area contributed by atoms with Crippen molar-refractivity contribution in [2.45, 2.75) is 37.6 Å². The molecule has 0 fully saturated rings. The third-order valence-corrected chi connectivity index (χ3v) is 4.74. The lowest BCUT2D eigenvalue weighted by Gasteiger charge is -2.15. The van der Waals surface area contributed by atoms with Crippen LogP contribution in [0.1, 0.15) is 26.2 Å². The Kier molecular flexibility index (Phi) is 6.11. The summed E-state index contributed by atoms with van der Waals surface area (Å²) in [5.41, 5.74) is 0. The molecule has 0 N–H and O–H groups in total. The Morgan fingerprint density at radius 1 is 1.44 bits per heavy atom. The van der Waals surface area contributed by atoms with Gasteiger partial charge in [0.1, 0.15) is 4.90 Å². The predicted octanol–water partition coefficient (Wildman–Crippen LogP) is 1.93. The quantitative estimate of drug-likeness (QED) is 0.688. The first kappa shape index (κ1) is 15.5. The Balaban J connectivity index is 2.75. The summed E-state index contributed by atoms with van der Waals surface area (Å²) >= 11 is 5.59. The number of aryl methyl sites for hydroxylation is 1. The van der Waals surface area contributed by atoms with Crippen LogP contribution < -0.4 is 0 Å². The Labute approximate surface area is 114 Å². The largest absolute Gasteiger partial charge is 0.271 e. The van der Waals surface area contributed by atoms with Crippen LogP contribution in [-0.4, -0.2) is 42.0 Å². The smallest absolute Gasteiger partial charge is 0.245 e. The number of hydrogen-bond donors (Lipinski definition) is 0. The van der Waals surface area contributed by atoms with Crippen molar-refractivity contribution in [1.82, 2.24) is 14.1 Å². The van der Waals surface area contributed by atoms with Gasteiger partial charge in [-0.3, -0.25) is 4.68 Å². The van der Waals surface area contributed by atoms with Gasteiger partial charge in [-0.1, -0.05) is 13.3 Å². The van der Waals surface area contributed by atoms with E-state index >= 15 is 0 Å². The van der Waals surface area contributed by atoms with Crippen molar-refractivity contribution in [3.05, 3.63) is 12.4 Å². The molecule has 1 heterocycles. The van der Waals surface area contributed by atoms with Gasteiger partial charge in [0.2, 0.25) is 10.0 Å². The molecule has 0 radical (unpaired) electrons. The minimum absolute atomic E-state index is 0.246. The van der Waals surface area contributed by atoms with Gasteiger partial charge < -0.3 is 0 Å². The fourth-order valence-electron chi connectivity index (χ4n) is 1.50. The Hall–Kier alpha value is -0.590. The van der Waals surface area contributed by atoms with Gasteiger partial charge in [0, 0.05) is 32.2 Å². The van der Waals surface area contributed by atoms with Crippen LogP contribution in [0.5, 0.6) is 0 Å². The lowest BCUT2D eigenvalue weighted by atomic mass is 10.3. The molecule has 0 aliphatic heterocycles. The van der Waals surface area contributed by atoms with E-state index in [1.54, 1.807) is 17.9 Å². The Morgan fingerprint density at radius 3 is 2.78 bits per heavy atom. The van der Waals surface area contributed by atoms with E-state index in [0.717, 1.165) is 19.3 Å². The molecule has 0 saturated carbocycles. The number of unbranched alkanes of at least 4 members (excludes halogenated alkanes) is 1. The lowest BCUT2D eigenvalue weighted by molar-refractivity contribution is 0.459. The van der Waals surface area contributed by atoms with Crippen molar-refractivity contribution >= 4 is 21.6 Å². The first-order valence-electron chi connectivity index (χ1n) is 6.07. The summed E-state index contributed by atoms with van der Waals surface area (Å²) in [7, 11) is -1.80.